The fourth-order valence-corrected chi connectivity index (χ4v) is 4.62. The molecule has 4 aromatic rings. The van der Waals surface area contributed by atoms with E-state index < -0.39 is 17.3 Å². The first-order chi connectivity index (χ1) is 17.2. The van der Waals surface area contributed by atoms with Crippen molar-refractivity contribution in [3.05, 3.63) is 69.2 Å². The standard InChI is InChI=1S/C25H24F3N7O/c1-3-33-4-6-34(7-5-33)20-10-17(25(26,27)28)9-19-23(20)31-21(32-24(19)36)11-18-14-35-13-16(12-29)15(2)8-22(35)30-18/h8-10,13-14H,3-7,11H2,1-2H3,(H,31,32,36). The third kappa shape index (κ3) is 4.40. The average molecular weight is 496 g/mol. The van der Waals surface area contributed by atoms with Crippen molar-refractivity contribution >= 4 is 22.2 Å². The van der Waals surface area contributed by atoms with Gasteiger partial charge >= 0.3 is 6.18 Å². The Balaban J connectivity index is 1.58. The number of nitrogens with one attached hydrogen (secondary N) is 1. The lowest BCUT2D eigenvalue weighted by molar-refractivity contribution is -0.137. The van der Waals surface area contributed by atoms with Crippen LogP contribution >= 0.6 is 0 Å². The number of imidazole rings is 1. The molecule has 5 rings (SSSR count). The summed E-state index contributed by atoms with van der Waals surface area (Å²) < 4.78 is 42.7. The van der Waals surface area contributed by atoms with Gasteiger partial charge in [-0.3, -0.25) is 4.79 Å². The van der Waals surface area contributed by atoms with Crippen LogP contribution in [0.25, 0.3) is 16.6 Å². The predicted octanol–water partition coefficient (Wildman–Crippen LogP) is 3.50. The molecule has 0 amide bonds. The van der Waals surface area contributed by atoms with Crippen LogP contribution in [0.15, 0.2) is 35.4 Å². The Morgan fingerprint density at radius 2 is 1.86 bits per heavy atom. The minimum absolute atomic E-state index is 0.0919. The Labute approximate surface area is 204 Å². The van der Waals surface area contributed by atoms with Crippen LogP contribution < -0.4 is 10.5 Å². The summed E-state index contributed by atoms with van der Waals surface area (Å²) in [6, 6.07) is 5.90. The molecule has 0 aliphatic carbocycles. The number of hydrogen-bond donors (Lipinski definition) is 1. The first kappa shape index (κ1) is 23.8. The van der Waals surface area contributed by atoms with Crippen LogP contribution in [0.4, 0.5) is 18.9 Å². The molecule has 0 spiro atoms. The molecular formula is C25H24F3N7O. The van der Waals surface area contributed by atoms with Gasteiger partial charge in [0.1, 0.15) is 23.1 Å². The zero-order chi connectivity index (χ0) is 25.6. The number of aromatic amines is 1. The Morgan fingerprint density at radius 3 is 2.53 bits per heavy atom. The van der Waals surface area contributed by atoms with Gasteiger partial charge in [-0.15, -0.1) is 0 Å². The second kappa shape index (κ2) is 8.95. The molecule has 0 radical (unpaired) electrons. The Bertz CT molecular complexity index is 1560. The van der Waals surface area contributed by atoms with Crippen LogP contribution in [0.3, 0.4) is 0 Å². The molecule has 0 atom stereocenters. The van der Waals surface area contributed by atoms with Gasteiger partial charge in [0.05, 0.1) is 27.9 Å². The average Bonchev–Trinajstić information content (AvgIpc) is 3.23. The molecule has 36 heavy (non-hydrogen) atoms. The summed E-state index contributed by atoms with van der Waals surface area (Å²) in [6.45, 7) is 7.26. The van der Waals surface area contributed by atoms with Crippen molar-refractivity contribution in [1.29, 1.82) is 5.26 Å². The maximum absolute atomic E-state index is 13.7. The van der Waals surface area contributed by atoms with Crippen LogP contribution in [-0.2, 0) is 12.6 Å². The number of nitriles is 1. The number of nitrogens with zero attached hydrogens (tertiary/aromatic N) is 6. The third-order valence-electron chi connectivity index (χ3n) is 6.64. The van der Waals surface area contributed by atoms with E-state index in [1.807, 2.05) is 18.7 Å². The van der Waals surface area contributed by atoms with Crippen LogP contribution in [-0.4, -0.2) is 57.0 Å². The molecule has 0 saturated carbocycles. The molecule has 0 bridgehead atoms. The second-order valence-electron chi connectivity index (χ2n) is 8.98. The first-order valence-corrected chi connectivity index (χ1v) is 11.7. The van der Waals surface area contributed by atoms with Gasteiger partial charge in [-0.25, -0.2) is 9.97 Å². The highest BCUT2D eigenvalue weighted by atomic mass is 19.4. The van der Waals surface area contributed by atoms with Gasteiger partial charge in [-0.1, -0.05) is 6.92 Å². The minimum Gasteiger partial charge on any atom is -0.367 e. The van der Waals surface area contributed by atoms with E-state index in [1.165, 1.54) is 0 Å². The lowest BCUT2D eigenvalue weighted by Gasteiger charge is -2.36. The molecule has 11 heteroatoms. The van der Waals surface area contributed by atoms with Crippen molar-refractivity contribution in [1.82, 2.24) is 24.3 Å². The van der Waals surface area contributed by atoms with Gasteiger partial charge in [0.2, 0.25) is 0 Å². The molecule has 1 aliphatic rings. The number of fused-ring (bicyclic) bond motifs is 2. The summed E-state index contributed by atoms with van der Waals surface area (Å²) in [5, 5.41) is 9.18. The highest BCUT2D eigenvalue weighted by Gasteiger charge is 2.33. The summed E-state index contributed by atoms with van der Waals surface area (Å²) in [4.78, 5) is 28.9. The van der Waals surface area contributed by atoms with Crippen molar-refractivity contribution in [2.45, 2.75) is 26.4 Å². The monoisotopic (exact) mass is 495 g/mol. The Kier molecular flexibility index (Phi) is 5.92. The van der Waals surface area contributed by atoms with Gasteiger partial charge in [0.15, 0.2) is 0 Å². The number of benzene rings is 1. The fraction of sp³-hybridized carbons (Fsp3) is 0.360. The predicted molar refractivity (Wildman–Crippen MR) is 129 cm³/mol. The number of alkyl halides is 3. The van der Waals surface area contributed by atoms with E-state index in [0.29, 0.717) is 41.5 Å². The first-order valence-electron chi connectivity index (χ1n) is 11.7. The van der Waals surface area contributed by atoms with Crippen LogP contribution in [0, 0.1) is 18.3 Å². The zero-order valence-corrected chi connectivity index (χ0v) is 19.9. The number of rotatable bonds is 4. The smallest absolute Gasteiger partial charge is 0.367 e. The number of hydrogen-bond acceptors (Lipinski definition) is 6. The molecule has 1 saturated heterocycles. The maximum Gasteiger partial charge on any atom is 0.416 e. The SMILES string of the molecule is CCN1CCN(c2cc(C(F)(F)F)cc3c(=O)[nH]c(Cc4cn5cc(C#N)c(C)cc5n4)nc23)CC1. The second-order valence-corrected chi connectivity index (χ2v) is 8.98. The molecule has 0 unspecified atom stereocenters. The van der Waals surface area contributed by atoms with E-state index in [1.54, 1.807) is 22.9 Å². The summed E-state index contributed by atoms with van der Waals surface area (Å²) in [7, 11) is 0. The topological polar surface area (TPSA) is 93.3 Å². The third-order valence-corrected chi connectivity index (χ3v) is 6.64. The molecule has 1 fully saturated rings. The van der Waals surface area contributed by atoms with Crippen molar-refractivity contribution in [3.8, 4) is 6.07 Å². The molecule has 186 valence electrons. The fourth-order valence-electron chi connectivity index (χ4n) is 4.62. The highest BCUT2D eigenvalue weighted by Crippen LogP contribution is 2.35. The lowest BCUT2D eigenvalue weighted by atomic mass is 10.1. The largest absolute Gasteiger partial charge is 0.416 e. The van der Waals surface area contributed by atoms with Crippen LogP contribution in [0.1, 0.15) is 35.1 Å². The van der Waals surface area contributed by atoms with Gasteiger partial charge in [0, 0.05) is 45.0 Å². The molecule has 4 heterocycles. The van der Waals surface area contributed by atoms with Crippen molar-refractivity contribution in [2.24, 2.45) is 0 Å². The summed E-state index contributed by atoms with van der Waals surface area (Å²) in [6.07, 6.45) is -0.976. The van der Waals surface area contributed by atoms with E-state index in [0.717, 1.165) is 37.3 Å². The molecule has 8 nitrogen and oxygen atoms in total. The van der Waals surface area contributed by atoms with Crippen LogP contribution in [0.5, 0.6) is 0 Å². The molecule has 1 N–H and O–H groups in total. The maximum atomic E-state index is 13.7. The Morgan fingerprint density at radius 1 is 1.11 bits per heavy atom. The van der Waals surface area contributed by atoms with Crippen molar-refractivity contribution < 1.29 is 13.2 Å². The molecule has 3 aromatic heterocycles. The zero-order valence-electron chi connectivity index (χ0n) is 19.9. The van der Waals surface area contributed by atoms with Gasteiger partial charge in [0.25, 0.3) is 5.56 Å². The number of aromatic nitrogens is 4. The van der Waals surface area contributed by atoms with Crippen molar-refractivity contribution in [2.75, 3.05) is 37.6 Å². The number of aryl methyl sites for hydroxylation is 1. The number of piperazine rings is 1. The number of halogens is 3. The van der Waals surface area contributed by atoms with Crippen LogP contribution in [0.2, 0.25) is 0 Å². The number of likely N-dealkylation sites (N-methyl/N-ethyl adjacent to an activating group) is 1. The molecular weight excluding hydrogens is 471 g/mol. The Hall–Kier alpha value is -3.91. The van der Waals surface area contributed by atoms with E-state index in [-0.39, 0.29) is 17.3 Å². The highest BCUT2D eigenvalue weighted by molar-refractivity contribution is 5.91. The van der Waals surface area contributed by atoms with Gasteiger partial charge in [-0.05, 0) is 37.2 Å². The lowest BCUT2D eigenvalue weighted by Crippen LogP contribution is -2.46. The summed E-state index contributed by atoms with van der Waals surface area (Å²) >= 11 is 0. The molecule has 1 aromatic carbocycles. The van der Waals surface area contributed by atoms with E-state index >= 15 is 0 Å². The van der Waals surface area contributed by atoms with Gasteiger partial charge < -0.3 is 19.2 Å². The summed E-state index contributed by atoms with van der Waals surface area (Å²) in [5.74, 6) is 0.307. The number of H-pyrrole nitrogens is 1. The number of pyridine rings is 1. The van der Waals surface area contributed by atoms with E-state index in [2.05, 4.69) is 25.9 Å². The van der Waals surface area contributed by atoms with Crippen molar-refractivity contribution in [3.63, 3.8) is 0 Å². The van der Waals surface area contributed by atoms with E-state index in [4.69, 9.17) is 0 Å². The van der Waals surface area contributed by atoms with Gasteiger partial charge in [-0.2, -0.15) is 18.4 Å². The number of anilines is 1. The normalized spacial score (nSPS) is 15.1. The summed E-state index contributed by atoms with van der Waals surface area (Å²) in [5.41, 5.74) is 1.65. The van der Waals surface area contributed by atoms with E-state index in [9.17, 15) is 23.2 Å². The quantitative estimate of drug-likeness (QED) is 0.466. The minimum atomic E-state index is -4.59. The molecule has 1 aliphatic heterocycles.